The summed E-state index contributed by atoms with van der Waals surface area (Å²) in [6, 6.07) is 13.1. The minimum absolute atomic E-state index is 0.0590. The number of nitrogens with zero attached hydrogens (tertiary/aromatic N) is 2. The molecule has 0 radical (unpaired) electrons. The van der Waals surface area contributed by atoms with Gasteiger partial charge in [-0.15, -0.1) is 11.3 Å². The number of Topliss-reactive ketones (excluding diaryl/α,β-unsaturated/α-hetero) is 1. The first-order valence-corrected chi connectivity index (χ1v) is 11.0. The molecule has 0 bridgehead atoms. The average molecular weight is 425 g/mol. The normalized spacial score (nSPS) is 10.8. The van der Waals surface area contributed by atoms with E-state index in [4.69, 9.17) is 4.74 Å². The Balaban J connectivity index is 1.65. The number of ketones is 1. The van der Waals surface area contributed by atoms with Gasteiger partial charge in [0.2, 0.25) is 5.78 Å². The van der Waals surface area contributed by atoms with Gasteiger partial charge in [0.05, 0.1) is 0 Å². The van der Waals surface area contributed by atoms with Gasteiger partial charge in [-0.25, -0.2) is 0 Å². The van der Waals surface area contributed by atoms with Crippen LogP contribution in [0.5, 0.6) is 5.75 Å². The Kier molecular flexibility index (Phi) is 7.11. The average Bonchev–Trinajstić information content (AvgIpc) is 3.37. The highest BCUT2D eigenvalue weighted by atomic mass is 32.1. The van der Waals surface area contributed by atoms with Gasteiger partial charge in [-0.3, -0.25) is 9.59 Å². The second-order valence-corrected chi connectivity index (χ2v) is 8.36. The number of rotatable bonds is 9. The lowest BCUT2D eigenvalue weighted by molar-refractivity contribution is 0.0802. The van der Waals surface area contributed by atoms with Gasteiger partial charge in [-0.2, -0.15) is 0 Å². The van der Waals surface area contributed by atoms with E-state index in [0.29, 0.717) is 23.4 Å². The molecule has 3 aromatic rings. The minimum Gasteiger partial charge on any atom is -0.485 e. The van der Waals surface area contributed by atoms with Crippen molar-refractivity contribution in [2.75, 3.05) is 20.2 Å². The first-order valence-electron chi connectivity index (χ1n) is 10.1. The first-order chi connectivity index (χ1) is 14.4. The molecule has 0 aliphatic rings. The van der Waals surface area contributed by atoms with Gasteiger partial charge >= 0.3 is 0 Å². The van der Waals surface area contributed by atoms with Crippen LogP contribution in [0.3, 0.4) is 0 Å². The maximum atomic E-state index is 12.8. The maximum absolute atomic E-state index is 12.8. The van der Waals surface area contributed by atoms with Crippen LogP contribution in [-0.2, 0) is 13.0 Å². The molecule has 0 atom stereocenters. The maximum Gasteiger partial charge on any atom is 0.253 e. The van der Waals surface area contributed by atoms with Crippen molar-refractivity contribution in [2.45, 2.75) is 33.7 Å². The zero-order chi connectivity index (χ0) is 21.7. The molecule has 0 aliphatic heterocycles. The number of carbonyl (C=O) groups is 2. The number of aromatic nitrogens is 1. The van der Waals surface area contributed by atoms with Crippen LogP contribution < -0.4 is 4.74 Å². The number of benzene rings is 1. The molecule has 0 spiro atoms. The second-order valence-electron chi connectivity index (χ2n) is 7.32. The Labute approximate surface area is 181 Å². The quantitative estimate of drug-likeness (QED) is 0.465. The summed E-state index contributed by atoms with van der Waals surface area (Å²) in [7, 11) is 1.76. The summed E-state index contributed by atoms with van der Waals surface area (Å²) >= 11 is 1.75. The molecule has 0 aliphatic carbocycles. The van der Waals surface area contributed by atoms with Gasteiger partial charge in [-0.1, -0.05) is 12.1 Å². The largest absolute Gasteiger partial charge is 0.485 e. The monoisotopic (exact) mass is 424 g/mol. The van der Waals surface area contributed by atoms with Gasteiger partial charge in [0.25, 0.3) is 5.91 Å². The third-order valence-corrected chi connectivity index (χ3v) is 6.24. The Morgan fingerprint density at radius 1 is 1.13 bits per heavy atom. The standard InChI is InChI=1S/C24H28N2O3S/c1-5-25(4)24(28)19-8-6-9-20(15-19)29-16-23(27)22-14-17(2)26(18(22)3)12-11-21-10-7-13-30-21/h6-10,13-15H,5,11-12,16H2,1-4H3. The molecular weight excluding hydrogens is 396 g/mol. The topological polar surface area (TPSA) is 51.5 Å². The summed E-state index contributed by atoms with van der Waals surface area (Å²) in [5.41, 5.74) is 3.28. The molecule has 1 aromatic carbocycles. The minimum atomic E-state index is -0.0661. The van der Waals surface area contributed by atoms with Crippen LogP contribution in [0.15, 0.2) is 47.8 Å². The van der Waals surface area contributed by atoms with Crippen LogP contribution in [0.2, 0.25) is 0 Å². The Hall–Kier alpha value is -2.86. The summed E-state index contributed by atoms with van der Waals surface area (Å²) in [6.45, 7) is 7.35. The summed E-state index contributed by atoms with van der Waals surface area (Å²) in [5.74, 6) is 0.390. The molecule has 0 saturated carbocycles. The van der Waals surface area contributed by atoms with Crippen molar-refractivity contribution < 1.29 is 14.3 Å². The number of ether oxygens (including phenoxy) is 1. The molecule has 0 saturated heterocycles. The molecule has 30 heavy (non-hydrogen) atoms. The van der Waals surface area contributed by atoms with Crippen LogP contribution in [0, 0.1) is 13.8 Å². The van der Waals surface area contributed by atoms with Crippen molar-refractivity contribution in [1.29, 1.82) is 0 Å². The molecule has 158 valence electrons. The number of thiophene rings is 1. The van der Waals surface area contributed by atoms with E-state index in [1.807, 2.05) is 26.8 Å². The summed E-state index contributed by atoms with van der Waals surface area (Å²) in [4.78, 5) is 28.1. The van der Waals surface area contributed by atoms with Crippen LogP contribution >= 0.6 is 11.3 Å². The highest BCUT2D eigenvalue weighted by Gasteiger charge is 2.17. The van der Waals surface area contributed by atoms with Gasteiger partial charge in [0, 0.05) is 47.5 Å². The highest BCUT2D eigenvalue weighted by Crippen LogP contribution is 2.20. The van der Waals surface area contributed by atoms with Gasteiger partial charge in [-0.05, 0) is 62.9 Å². The smallest absolute Gasteiger partial charge is 0.253 e. The zero-order valence-corrected chi connectivity index (χ0v) is 18.8. The molecule has 2 heterocycles. The molecule has 1 amide bonds. The van der Waals surface area contributed by atoms with Crippen molar-refractivity contribution in [3.63, 3.8) is 0 Å². The van der Waals surface area contributed by atoms with E-state index in [1.54, 1.807) is 47.5 Å². The van der Waals surface area contributed by atoms with E-state index in [1.165, 1.54) is 4.88 Å². The highest BCUT2D eigenvalue weighted by molar-refractivity contribution is 7.09. The van der Waals surface area contributed by atoms with E-state index in [9.17, 15) is 9.59 Å². The third-order valence-electron chi connectivity index (χ3n) is 5.31. The van der Waals surface area contributed by atoms with E-state index >= 15 is 0 Å². The van der Waals surface area contributed by atoms with Crippen molar-refractivity contribution >= 4 is 23.0 Å². The van der Waals surface area contributed by atoms with Gasteiger partial charge in [0.15, 0.2) is 6.61 Å². The van der Waals surface area contributed by atoms with E-state index in [2.05, 4.69) is 22.1 Å². The lowest BCUT2D eigenvalue weighted by Crippen LogP contribution is -2.26. The predicted molar refractivity (Wildman–Crippen MR) is 121 cm³/mol. The first kappa shape index (κ1) is 21.8. The summed E-state index contributed by atoms with van der Waals surface area (Å²) in [6.07, 6.45) is 0.950. The van der Waals surface area contributed by atoms with Crippen LogP contribution in [0.25, 0.3) is 0 Å². The Morgan fingerprint density at radius 2 is 1.93 bits per heavy atom. The number of aryl methyl sites for hydroxylation is 2. The number of amides is 1. The molecule has 2 aromatic heterocycles. The molecule has 6 heteroatoms. The number of carbonyl (C=O) groups excluding carboxylic acids is 2. The van der Waals surface area contributed by atoms with Crippen LogP contribution in [0.4, 0.5) is 0 Å². The van der Waals surface area contributed by atoms with Crippen LogP contribution in [0.1, 0.15) is 43.9 Å². The lowest BCUT2D eigenvalue weighted by Gasteiger charge is -2.15. The molecule has 0 N–H and O–H groups in total. The second kappa shape index (κ2) is 9.76. The fraction of sp³-hybridized carbons (Fsp3) is 0.333. The Bertz CT molecular complexity index is 1020. The van der Waals surface area contributed by atoms with Crippen LogP contribution in [-0.4, -0.2) is 41.4 Å². The molecule has 3 rings (SSSR count). The van der Waals surface area contributed by atoms with Gasteiger partial charge < -0.3 is 14.2 Å². The van der Waals surface area contributed by atoms with E-state index in [-0.39, 0.29) is 18.3 Å². The Morgan fingerprint density at radius 3 is 2.63 bits per heavy atom. The third kappa shape index (κ3) is 5.00. The van der Waals surface area contributed by atoms with Crippen molar-refractivity contribution in [3.8, 4) is 5.75 Å². The molecular formula is C24H28N2O3S. The summed E-state index contributed by atoms with van der Waals surface area (Å²) in [5, 5.41) is 2.08. The zero-order valence-electron chi connectivity index (χ0n) is 18.0. The fourth-order valence-corrected chi connectivity index (χ4v) is 4.11. The fourth-order valence-electron chi connectivity index (χ4n) is 3.41. The summed E-state index contributed by atoms with van der Waals surface area (Å²) < 4.78 is 7.91. The van der Waals surface area contributed by atoms with Gasteiger partial charge in [0.1, 0.15) is 5.75 Å². The van der Waals surface area contributed by atoms with E-state index < -0.39 is 0 Å². The van der Waals surface area contributed by atoms with E-state index in [0.717, 1.165) is 24.4 Å². The lowest BCUT2D eigenvalue weighted by atomic mass is 10.1. The molecule has 0 unspecified atom stereocenters. The van der Waals surface area contributed by atoms with Crippen molar-refractivity contribution in [2.24, 2.45) is 0 Å². The predicted octanol–water partition coefficient (Wildman–Crippen LogP) is 4.76. The van der Waals surface area contributed by atoms with Crippen molar-refractivity contribution in [1.82, 2.24) is 9.47 Å². The SMILES string of the molecule is CCN(C)C(=O)c1cccc(OCC(=O)c2cc(C)n(CCc3cccs3)c2C)c1. The molecule has 0 fully saturated rings. The number of hydrogen-bond acceptors (Lipinski definition) is 4. The molecule has 5 nitrogen and oxygen atoms in total. The van der Waals surface area contributed by atoms with Crippen molar-refractivity contribution in [3.05, 3.63) is 75.2 Å². The number of hydrogen-bond donors (Lipinski definition) is 0.